The van der Waals surface area contributed by atoms with E-state index in [1.807, 2.05) is 0 Å². The summed E-state index contributed by atoms with van der Waals surface area (Å²) in [4.78, 5) is 11.4. The molecule has 0 aliphatic heterocycles. The van der Waals surface area contributed by atoms with Crippen LogP contribution in [-0.2, 0) is 16.0 Å². The van der Waals surface area contributed by atoms with Crippen LogP contribution >= 0.6 is 11.6 Å². The van der Waals surface area contributed by atoms with Gasteiger partial charge in [0.1, 0.15) is 11.6 Å². The molecule has 5 nitrogen and oxygen atoms in total. The van der Waals surface area contributed by atoms with Gasteiger partial charge in [-0.05, 0) is 55.2 Å². The van der Waals surface area contributed by atoms with Gasteiger partial charge in [0.05, 0.1) is 20.7 Å². The summed E-state index contributed by atoms with van der Waals surface area (Å²) in [7, 11) is -4.25. The predicted molar refractivity (Wildman–Crippen MR) is 106 cm³/mol. The van der Waals surface area contributed by atoms with Gasteiger partial charge in [0, 0.05) is 12.1 Å². The van der Waals surface area contributed by atoms with Gasteiger partial charge in [-0.3, -0.25) is 4.79 Å². The fourth-order valence-corrected chi connectivity index (χ4v) is 5.52. The molecule has 2 aromatic carbocycles. The lowest BCUT2D eigenvalue weighted by molar-refractivity contribution is -0.274. The maximum atomic E-state index is 13.6. The van der Waals surface area contributed by atoms with Gasteiger partial charge in [0.25, 0.3) is 5.91 Å². The van der Waals surface area contributed by atoms with E-state index in [4.69, 9.17) is 11.6 Å². The minimum absolute atomic E-state index is 0.0104. The molecule has 1 aliphatic carbocycles. The van der Waals surface area contributed by atoms with Gasteiger partial charge in [-0.25, -0.2) is 12.8 Å². The summed E-state index contributed by atoms with van der Waals surface area (Å²) in [5, 5.41) is 1.000. The van der Waals surface area contributed by atoms with Crippen LogP contribution in [-0.4, -0.2) is 32.5 Å². The number of alkyl halides is 6. The van der Waals surface area contributed by atoms with Crippen molar-refractivity contribution in [1.29, 1.82) is 0 Å². The third kappa shape index (κ3) is 6.12. The predicted octanol–water partition coefficient (Wildman–Crippen LogP) is 5.38. The van der Waals surface area contributed by atoms with Crippen molar-refractivity contribution in [1.82, 2.24) is 5.32 Å². The molecule has 3 rings (SSSR count). The first-order chi connectivity index (χ1) is 15.6. The van der Waals surface area contributed by atoms with Crippen molar-refractivity contribution in [2.24, 2.45) is 5.92 Å². The van der Waals surface area contributed by atoms with Crippen LogP contribution in [0.25, 0.3) is 0 Å². The first-order valence-corrected chi connectivity index (χ1v) is 11.4. The Bertz CT molecular complexity index is 1190. The van der Waals surface area contributed by atoms with Crippen molar-refractivity contribution in [3.8, 4) is 5.75 Å². The van der Waals surface area contributed by atoms with Crippen LogP contribution in [0.5, 0.6) is 5.75 Å². The SMILES string of the molecule is O=C(NCC1CC(S(=O)(=O)c2cc(F)cc(C(F)(F)F)c2)C1)c1ccc(Cl)c(OC(F)(F)F)c1. The molecule has 1 amide bonds. The highest BCUT2D eigenvalue weighted by Crippen LogP contribution is 2.38. The number of sulfone groups is 1. The van der Waals surface area contributed by atoms with E-state index in [1.54, 1.807) is 0 Å². The number of carbonyl (C=O) groups is 1. The van der Waals surface area contributed by atoms with Crippen LogP contribution in [0.15, 0.2) is 41.3 Å². The molecule has 0 heterocycles. The third-order valence-corrected chi connectivity index (χ3v) is 7.60. The number of benzene rings is 2. The third-order valence-electron chi connectivity index (χ3n) is 5.13. The topological polar surface area (TPSA) is 72.5 Å². The van der Waals surface area contributed by atoms with Crippen LogP contribution < -0.4 is 10.1 Å². The van der Waals surface area contributed by atoms with Crippen molar-refractivity contribution in [3.05, 3.63) is 58.4 Å². The Morgan fingerprint density at radius 2 is 1.71 bits per heavy atom. The van der Waals surface area contributed by atoms with Crippen molar-refractivity contribution < 1.29 is 48.7 Å². The highest BCUT2D eigenvalue weighted by molar-refractivity contribution is 7.92. The molecular formula is C20H15ClF7NO4S. The largest absolute Gasteiger partial charge is 0.573 e. The Balaban J connectivity index is 1.60. The maximum absolute atomic E-state index is 13.6. The minimum Gasteiger partial charge on any atom is -0.404 e. The molecule has 0 spiro atoms. The molecule has 0 bridgehead atoms. The fourth-order valence-electron chi connectivity index (χ4n) is 3.36. The van der Waals surface area contributed by atoms with Crippen LogP contribution in [0.2, 0.25) is 5.02 Å². The van der Waals surface area contributed by atoms with Crippen molar-refractivity contribution in [2.45, 2.75) is 35.5 Å². The zero-order valence-corrected chi connectivity index (χ0v) is 18.4. The number of rotatable bonds is 6. The lowest BCUT2D eigenvalue weighted by atomic mass is 9.85. The van der Waals surface area contributed by atoms with E-state index in [0.717, 1.165) is 18.2 Å². The Hall–Kier alpha value is -2.54. The average Bonchev–Trinajstić information content (AvgIpc) is 2.66. The summed E-state index contributed by atoms with van der Waals surface area (Å²) in [5.74, 6) is -3.24. The van der Waals surface area contributed by atoms with Crippen molar-refractivity contribution in [3.63, 3.8) is 0 Å². The quantitative estimate of drug-likeness (QED) is 0.506. The first-order valence-electron chi connectivity index (χ1n) is 9.51. The molecule has 14 heteroatoms. The maximum Gasteiger partial charge on any atom is 0.573 e. The zero-order valence-electron chi connectivity index (χ0n) is 16.8. The van der Waals surface area contributed by atoms with Gasteiger partial charge in [0.2, 0.25) is 0 Å². The molecule has 0 saturated heterocycles. The summed E-state index contributed by atoms with van der Waals surface area (Å²) < 4.78 is 118. The number of halogens is 8. The number of nitrogens with one attached hydrogen (secondary N) is 1. The summed E-state index contributed by atoms with van der Waals surface area (Å²) in [6, 6.07) is 4.08. The second-order valence-corrected chi connectivity index (χ2v) is 10.2. The molecule has 1 aliphatic rings. The molecule has 0 unspecified atom stereocenters. The Labute approximate surface area is 193 Å². The summed E-state index contributed by atoms with van der Waals surface area (Å²) in [6.07, 6.45) is -9.97. The van der Waals surface area contributed by atoms with E-state index in [9.17, 15) is 43.9 Å². The van der Waals surface area contributed by atoms with Gasteiger partial charge < -0.3 is 10.1 Å². The van der Waals surface area contributed by atoms with Crippen molar-refractivity contribution >= 4 is 27.3 Å². The van der Waals surface area contributed by atoms with Crippen LogP contribution in [0.1, 0.15) is 28.8 Å². The zero-order chi connectivity index (χ0) is 25.5. The molecule has 186 valence electrons. The molecule has 0 aromatic heterocycles. The molecule has 0 atom stereocenters. The van der Waals surface area contributed by atoms with E-state index in [1.165, 1.54) is 0 Å². The molecule has 1 saturated carbocycles. The van der Waals surface area contributed by atoms with Gasteiger partial charge in [0.15, 0.2) is 9.84 Å². The average molecular weight is 534 g/mol. The molecule has 2 aromatic rings. The fraction of sp³-hybridized carbons (Fsp3) is 0.350. The summed E-state index contributed by atoms with van der Waals surface area (Å²) in [6.45, 7) is -0.0418. The van der Waals surface area contributed by atoms with E-state index < -0.39 is 55.6 Å². The smallest absolute Gasteiger partial charge is 0.404 e. The molecule has 1 fully saturated rings. The Morgan fingerprint density at radius 1 is 1.06 bits per heavy atom. The molecule has 34 heavy (non-hydrogen) atoms. The number of ether oxygens (including phenoxy) is 1. The number of amides is 1. The van der Waals surface area contributed by atoms with Gasteiger partial charge in [-0.15, -0.1) is 13.2 Å². The van der Waals surface area contributed by atoms with Gasteiger partial charge in [-0.2, -0.15) is 13.2 Å². The highest BCUT2D eigenvalue weighted by Gasteiger charge is 2.41. The Kier molecular flexibility index (Phi) is 7.09. The van der Waals surface area contributed by atoms with Crippen LogP contribution in [0.4, 0.5) is 30.7 Å². The lowest BCUT2D eigenvalue weighted by Gasteiger charge is -2.35. The van der Waals surface area contributed by atoms with Crippen molar-refractivity contribution in [2.75, 3.05) is 6.54 Å². The van der Waals surface area contributed by atoms with E-state index in [0.29, 0.717) is 12.1 Å². The molecule has 1 N–H and O–H groups in total. The van der Waals surface area contributed by atoms with E-state index in [2.05, 4.69) is 10.1 Å². The minimum atomic E-state index is -5.02. The second-order valence-electron chi connectivity index (χ2n) is 7.58. The first kappa shape index (κ1) is 26.1. The number of carbonyl (C=O) groups excluding carboxylic acids is 1. The van der Waals surface area contributed by atoms with Gasteiger partial charge >= 0.3 is 12.5 Å². The second kappa shape index (κ2) is 9.25. The monoisotopic (exact) mass is 533 g/mol. The number of hydrogen-bond donors (Lipinski definition) is 1. The summed E-state index contributed by atoms with van der Waals surface area (Å²) >= 11 is 5.62. The van der Waals surface area contributed by atoms with E-state index in [-0.39, 0.29) is 42.0 Å². The molecular weight excluding hydrogens is 519 g/mol. The van der Waals surface area contributed by atoms with Crippen LogP contribution in [0, 0.1) is 11.7 Å². The highest BCUT2D eigenvalue weighted by atomic mass is 35.5. The summed E-state index contributed by atoms with van der Waals surface area (Å²) in [5.41, 5.74) is -1.61. The van der Waals surface area contributed by atoms with Gasteiger partial charge in [-0.1, -0.05) is 11.6 Å². The lowest BCUT2D eigenvalue weighted by Crippen LogP contribution is -2.42. The molecule has 0 radical (unpaired) electrons. The number of hydrogen-bond acceptors (Lipinski definition) is 4. The standard InChI is InChI=1S/C20H15ClF7NO4S/c21-16-2-1-11(5-17(16)33-20(26,27)28)18(30)29-9-10-3-14(4-10)34(31,32)15-7-12(19(23,24)25)6-13(22)8-15/h1-2,5-8,10,14H,3-4,9H2,(H,29,30). The van der Waals surface area contributed by atoms with Crippen LogP contribution in [0.3, 0.4) is 0 Å². The van der Waals surface area contributed by atoms with E-state index >= 15 is 0 Å². The Morgan fingerprint density at radius 3 is 2.29 bits per heavy atom. The normalized spacial score (nSPS) is 18.8.